The minimum Gasteiger partial charge on any atom is -0.370 e. The van der Waals surface area contributed by atoms with Crippen molar-refractivity contribution in [1.29, 1.82) is 0 Å². The molecule has 0 bridgehead atoms. The van der Waals surface area contributed by atoms with E-state index in [1.807, 2.05) is 32.9 Å². The zero-order valence-electron chi connectivity index (χ0n) is 13.9. The van der Waals surface area contributed by atoms with Crippen molar-refractivity contribution in [2.24, 2.45) is 11.1 Å². The SMILES string of the molecule is CCN(CCNC(=O)[C@@H](N)C(C)(C)C)c1ccccc1C. The first-order chi connectivity index (χ1) is 9.77. The van der Waals surface area contributed by atoms with Gasteiger partial charge in [-0.3, -0.25) is 4.79 Å². The number of carbonyl (C=O) groups excluding carboxylic acids is 1. The number of para-hydroxylation sites is 1. The number of benzene rings is 1. The second-order valence-electron chi connectivity index (χ2n) is 6.50. The standard InChI is InChI=1S/C17H29N3O/c1-6-20(14-10-8-7-9-13(14)2)12-11-19-16(21)15(18)17(3,4)5/h7-10,15H,6,11-12,18H2,1-5H3,(H,19,21)/t15-/m1/s1. The molecule has 1 aromatic rings. The van der Waals surface area contributed by atoms with Crippen LogP contribution in [-0.4, -0.2) is 31.6 Å². The lowest BCUT2D eigenvalue weighted by atomic mass is 9.87. The molecule has 0 fully saturated rings. The van der Waals surface area contributed by atoms with Crippen LogP contribution in [0.3, 0.4) is 0 Å². The van der Waals surface area contributed by atoms with Crippen LogP contribution in [0.15, 0.2) is 24.3 Å². The Hall–Kier alpha value is -1.55. The molecule has 0 radical (unpaired) electrons. The molecule has 0 aliphatic carbocycles. The van der Waals surface area contributed by atoms with E-state index in [0.717, 1.165) is 13.1 Å². The van der Waals surface area contributed by atoms with Gasteiger partial charge in [-0.05, 0) is 30.9 Å². The third-order valence-corrected chi connectivity index (χ3v) is 3.73. The van der Waals surface area contributed by atoms with Crippen LogP contribution < -0.4 is 16.0 Å². The molecule has 1 atom stereocenters. The van der Waals surface area contributed by atoms with E-state index in [9.17, 15) is 4.79 Å². The highest BCUT2D eigenvalue weighted by Crippen LogP contribution is 2.19. The molecule has 0 aromatic heterocycles. The molecule has 0 heterocycles. The highest BCUT2D eigenvalue weighted by molar-refractivity contribution is 5.82. The Kier molecular flexibility index (Phi) is 6.21. The Morgan fingerprint density at radius 1 is 1.33 bits per heavy atom. The lowest BCUT2D eigenvalue weighted by Gasteiger charge is -2.28. The molecule has 0 aliphatic heterocycles. The first kappa shape index (κ1) is 17.5. The maximum atomic E-state index is 12.0. The minimum absolute atomic E-state index is 0.0802. The van der Waals surface area contributed by atoms with Gasteiger partial charge in [0.15, 0.2) is 0 Å². The lowest BCUT2D eigenvalue weighted by Crippen LogP contribution is -2.50. The van der Waals surface area contributed by atoms with E-state index in [1.165, 1.54) is 11.3 Å². The number of amides is 1. The maximum Gasteiger partial charge on any atom is 0.237 e. The average molecular weight is 291 g/mol. The summed E-state index contributed by atoms with van der Waals surface area (Å²) in [4.78, 5) is 14.3. The Balaban J connectivity index is 2.54. The predicted octanol–water partition coefficient (Wildman–Crippen LogP) is 2.31. The van der Waals surface area contributed by atoms with Gasteiger partial charge in [0.05, 0.1) is 6.04 Å². The van der Waals surface area contributed by atoms with Gasteiger partial charge < -0.3 is 16.0 Å². The average Bonchev–Trinajstić information content (AvgIpc) is 2.42. The third kappa shape index (κ3) is 5.05. The highest BCUT2D eigenvalue weighted by Gasteiger charge is 2.27. The molecule has 0 saturated carbocycles. The number of aryl methyl sites for hydroxylation is 1. The topological polar surface area (TPSA) is 58.4 Å². The molecule has 118 valence electrons. The number of hydrogen-bond acceptors (Lipinski definition) is 3. The van der Waals surface area contributed by atoms with Gasteiger partial charge in [-0.1, -0.05) is 39.0 Å². The summed E-state index contributed by atoms with van der Waals surface area (Å²) in [6.45, 7) is 12.4. The summed E-state index contributed by atoms with van der Waals surface area (Å²) in [5.74, 6) is -0.0802. The summed E-state index contributed by atoms with van der Waals surface area (Å²) in [6, 6.07) is 7.81. The molecular formula is C17H29N3O. The van der Waals surface area contributed by atoms with Crippen molar-refractivity contribution in [3.8, 4) is 0 Å². The smallest absolute Gasteiger partial charge is 0.237 e. The van der Waals surface area contributed by atoms with Crippen LogP contribution >= 0.6 is 0 Å². The van der Waals surface area contributed by atoms with Crippen molar-refractivity contribution in [2.45, 2.75) is 40.7 Å². The second kappa shape index (κ2) is 7.46. The predicted molar refractivity (Wildman–Crippen MR) is 89.5 cm³/mol. The number of nitrogens with two attached hydrogens (primary N) is 1. The monoisotopic (exact) mass is 291 g/mol. The van der Waals surface area contributed by atoms with Crippen molar-refractivity contribution in [3.05, 3.63) is 29.8 Å². The number of anilines is 1. The van der Waals surface area contributed by atoms with E-state index < -0.39 is 6.04 Å². The molecule has 4 nitrogen and oxygen atoms in total. The zero-order chi connectivity index (χ0) is 16.0. The fourth-order valence-electron chi connectivity index (χ4n) is 2.18. The fourth-order valence-corrected chi connectivity index (χ4v) is 2.18. The largest absolute Gasteiger partial charge is 0.370 e. The van der Waals surface area contributed by atoms with Gasteiger partial charge in [-0.25, -0.2) is 0 Å². The lowest BCUT2D eigenvalue weighted by molar-refractivity contribution is -0.124. The van der Waals surface area contributed by atoms with Crippen LogP contribution in [0.5, 0.6) is 0 Å². The summed E-state index contributed by atoms with van der Waals surface area (Å²) < 4.78 is 0. The zero-order valence-corrected chi connectivity index (χ0v) is 13.9. The molecule has 0 spiro atoms. The molecular weight excluding hydrogens is 262 g/mol. The summed E-state index contributed by atoms with van der Waals surface area (Å²) >= 11 is 0. The molecule has 21 heavy (non-hydrogen) atoms. The number of hydrogen-bond donors (Lipinski definition) is 2. The molecule has 1 rings (SSSR count). The Morgan fingerprint density at radius 3 is 2.48 bits per heavy atom. The van der Waals surface area contributed by atoms with Crippen molar-refractivity contribution in [2.75, 3.05) is 24.5 Å². The Bertz CT molecular complexity index is 465. The quantitative estimate of drug-likeness (QED) is 0.845. The van der Waals surface area contributed by atoms with Crippen LogP contribution in [0.2, 0.25) is 0 Å². The van der Waals surface area contributed by atoms with Gasteiger partial charge in [-0.2, -0.15) is 0 Å². The van der Waals surface area contributed by atoms with E-state index in [-0.39, 0.29) is 11.3 Å². The van der Waals surface area contributed by atoms with Crippen LogP contribution in [-0.2, 0) is 4.79 Å². The molecule has 4 heteroatoms. The first-order valence-electron chi connectivity index (χ1n) is 7.61. The van der Waals surface area contributed by atoms with Crippen molar-refractivity contribution >= 4 is 11.6 Å². The summed E-state index contributed by atoms with van der Waals surface area (Å²) in [5.41, 5.74) is 8.20. The minimum atomic E-state index is -0.481. The fraction of sp³-hybridized carbons (Fsp3) is 0.588. The Morgan fingerprint density at radius 2 is 1.95 bits per heavy atom. The number of likely N-dealkylation sites (N-methyl/N-ethyl adjacent to an activating group) is 1. The van der Waals surface area contributed by atoms with Gasteiger partial charge in [-0.15, -0.1) is 0 Å². The van der Waals surface area contributed by atoms with Crippen LogP contribution in [0, 0.1) is 12.3 Å². The number of nitrogens with one attached hydrogen (secondary N) is 1. The highest BCUT2D eigenvalue weighted by atomic mass is 16.2. The summed E-state index contributed by atoms with van der Waals surface area (Å²) in [5, 5.41) is 2.94. The van der Waals surface area contributed by atoms with E-state index in [4.69, 9.17) is 5.73 Å². The van der Waals surface area contributed by atoms with Crippen molar-refractivity contribution in [1.82, 2.24) is 5.32 Å². The molecule has 1 amide bonds. The van der Waals surface area contributed by atoms with Crippen molar-refractivity contribution in [3.63, 3.8) is 0 Å². The maximum absolute atomic E-state index is 12.0. The molecule has 3 N–H and O–H groups in total. The van der Waals surface area contributed by atoms with Gasteiger partial charge in [0.2, 0.25) is 5.91 Å². The number of nitrogens with zero attached hydrogens (tertiary/aromatic N) is 1. The Labute approximate surface area is 128 Å². The molecule has 0 saturated heterocycles. The molecule has 0 aliphatic rings. The van der Waals surface area contributed by atoms with E-state index in [1.54, 1.807) is 0 Å². The van der Waals surface area contributed by atoms with Gasteiger partial charge in [0, 0.05) is 25.3 Å². The number of rotatable bonds is 6. The van der Waals surface area contributed by atoms with E-state index in [0.29, 0.717) is 6.54 Å². The third-order valence-electron chi connectivity index (χ3n) is 3.73. The molecule has 0 unspecified atom stereocenters. The van der Waals surface area contributed by atoms with Crippen LogP contribution in [0.4, 0.5) is 5.69 Å². The van der Waals surface area contributed by atoms with Crippen molar-refractivity contribution < 1.29 is 4.79 Å². The van der Waals surface area contributed by atoms with E-state index >= 15 is 0 Å². The first-order valence-corrected chi connectivity index (χ1v) is 7.61. The second-order valence-corrected chi connectivity index (χ2v) is 6.50. The number of carbonyl (C=O) groups is 1. The van der Waals surface area contributed by atoms with Gasteiger partial charge >= 0.3 is 0 Å². The summed E-state index contributed by atoms with van der Waals surface area (Å²) in [7, 11) is 0. The molecule has 1 aromatic carbocycles. The normalized spacial score (nSPS) is 12.9. The van der Waals surface area contributed by atoms with E-state index in [2.05, 4.69) is 36.2 Å². The van der Waals surface area contributed by atoms with Crippen LogP contribution in [0.25, 0.3) is 0 Å². The van der Waals surface area contributed by atoms with Crippen LogP contribution in [0.1, 0.15) is 33.3 Å². The van der Waals surface area contributed by atoms with Gasteiger partial charge in [0.25, 0.3) is 0 Å². The summed E-state index contributed by atoms with van der Waals surface area (Å²) in [6.07, 6.45) is 0. The van der Waals surface area contributed by atoms with Gasteiger partial charge in [0.1, 0.15) is 0 Å².